The Bertz CT molecular complexity index is 213. The summed E-state index contributed by atoms with van der Waals surface area (Å²) in [4.78, 5) is 2.26. The van der Waals surface area contributed by atoms with Crippen LogP contribution in [-0.4, -0.2) is 18.5 Å². The molecule has 0 atom stereocenters. The van der Waals surface area contributed by atoms with E-state index in [1.54, 1.807) is 0 Å². The molecule has 0 spiro atoms. The van der Waals surface area contributed by atoms with Gasteiger partial charge in [0, 0.05) is 19.3 Å². The minimum absolute atomic E-state index is 1.14. The van der Waals surface area contributed by atoms with Crippen molar-refractivity contribution in [3.8, 4) is 0 Å². The van der Waals surface area contributed by atoms with Crippen LogP contribution in [0.5, 0.6) is 0 Å². The summed E-state index contributed by atoms with van der Waals surface area (Å²) in [6, 6.07) is 0. The van der Waals surface area contributed by atoms with Gasteiger partial charge in [0.15, 0.2) is 0 Å². The van der Waals surface area contributed by atoms with E-state index in [1.165, 1.54) is 24.1 Å². The lowest BCUT2D eigenvalue weighted by Gasteiger charge is -2.19. The second-order valence-corrected chi connectivity index (χ2v) is 3.20. The fraction of sp³-hybridized carbons (Fsp3) is 0.455. The van der Waals surface area contributed by atoms with Gasteiger partial charge in [-0.3, -0.25) is 0 Å². The lowest BCUT2D eigenvalue weighted by Crippen LogP contribution is -2.17. The lowest BCUT2D eigenvalue weighted by molar-refractivity contribution is 0.426. The Kier molecular flexibility index (Phi) is 3.15. The Hall–Kier alpha value is -0.980. The Morgan fingerprint density at radius 2 is 2.00 bits per heavy atom. The summed E-state index contributed by atoms with van der Waals surface area (Å²) in [5, 5.41) is 0. The van der Waals surface area contributed by atoms with Crippen LogP contribution >= 0.6 is 0 Å². The van der Waals surface area contributed by atoms with E-state index in [9.17, 15) is 0 Å². The van der Waals surface area contributed by atoms with Gasteiger partial charge in [-0.2, -0.15) is 0 Å². The highest BCUT2D eigenvalue weighted by molar-refractivity contribution is 5.30. The van der Waals surface area contributed by atoms with Crippen molar-refractivity contribution in [1.29, 1.82) is 0 Å². The van der Waals surface area contributed by atoms with Crippen LogP contribution < -0.4 is 0 Å². The molecule has 0 N–H and O–H groups in total. The van der Waals surface area contributed by atoms with Crippen LogP contribution in [0.15, 0.2) is 36.6 Å². The first-order valence-corrected chi connectivity index (χ1v) is 4.48. The van der Waals surface area contributed by atoms with Crippen molar-refractivity contribution in [2.75, 3.05) is 13.6 Å². The quantitative estimate of drug-likeness (QED) is 0.605. The zero-order chi connectivity index (χ0) is 8.97. The van der Waals surface area contributed by atoms with Gasteiger partial charge < -0.3 is 4.90 Å². The normalized spacial score (nSPS) is 18.9. The van der Waals surface area contributed by atoms with Gasteiger partial charge in [0.05, 0.1) is 0 Å². The Morgan fingerprint density at radius 1 is 1.25 bits per heavy atom. The van der Waals surface area contributed by atoms with E-state index in [4.69, 9.17) is 0 Å². The van der Waals surface area contributed by atoms with E-state index in [1.807, 2.05) is 12.2 Å². The molecule has 1 aliphatic heterocycles. The lowest BCUT2D eigenvalue weighted by atomic mass is 10.1. The summed E-state index contributed by atoms with van der Waals surface area (Å²) in [5.41, 5.74) is 2.59. The van der Waals surface area contributed by atoms with E-state index in [0.29, 0.717) is 0 Å². The number of rotatable bonds is 2. The van der Waals surface area contributed by atoms with Gasteiger partial charge in [0.25, 0.3) is 0 Å². The molecule has 0 unspecified atom stereocenters. The molecule has 0 aromatic carbocycles. The molecule has 1 rings (SSSR count). The number of nitrogens with zero attached hydrogens (tertiary/aromatic N) is 1. The summed E-state index contributed by atoms with van der Waals surface area (Å²) in [6.07, 6.45) is 7.57. The van der Waals surface area contributed by atoms with E-state index in [2.05, 4.69) is 25.1 Å². The van der Waals surface area contributed by atoms with Crippen LogP contribution in [0.4, 0.5) is 0 Å². The first-order valence-electron chi connectivity index (χ1n) is 4.48. The van der Waals surface area contributed by atoms with Crippen molar-refractivity contribution >= 4 is 0 Å². The number of hydrogen-bond donors (Lipinski definition) is 0. The molecular weight excluding hydrogens is 146 g/mol. The SMILES string of the molecule is C=CC1=C(C=C)N(C)CCCC1. The van der Waals surface area contributed by atoms with Gasteiger partial charge >= 0.3 is 0 Å². The second kappa shape index (κ2) is 4.15. The molecule has 0 radical (unpaired) electrons. The van der Waals surface area contributed by atoms with Crippen molar-refractivity contribution < 1.29 is 0 Å². The summed E-state index contributed by atoms with van der Waals surface area (Å²) in [6.45, 7) is 8.79. The zero-order valence-electron chi connectivity index (χ0n) is 7.84. The molecule has 1 heterocycles. The van der Waals surface area contributed by atoms with E-state index >= 15 is 0 Å². The van der Waals surface area contributed by atoms with Crippen molar-refractivity contribution in [1.82, 2.24) is 4.90 Å². The number of hydrogen-bond acceptors (Lipinski definition) is 1. The largest absolute Gasteiger partial charge is 0.374 e. The molecule has 0 saturated heterocycles. The maximum absolute atomic E-state index is 3.83. The Morgan fingerprint density at radius 3 is 2.58 bits per heavy atom. The van der Waals surface area contributed by atoms with Crippen LogP contribution in [0.3, 0.4) is 0 Å². The molecule has 1 aliphatic rings. The Balaban J connectivity index is 2.93. The molecule has 0 saturated carbocycles. The fourth-order valence-electron chi connectivity index (χ4n) is 1.65. The maximum Gasteiger partial charge on any atom is 0.0389 e. The standard InChI is InChI=1S/C11H17N/c1-4-10-8-6-7-9-12(3)11(10)5-2/h4-5H,1-2,6-9H2,3H3. The van der Waals surface area contributed by atoms with Crippen LogP contribution in [-0.2, 0) is 0 Å². The van der Waals surface area contributed by atoms with Crippen LogP contribution in [0, 0.1) is 0 Å². The zero-order valence-corrected chi connectivity index (χ0v) is 7.84. The topological polar surface area (TPSA) is 3.24 Å². The highest BCUT2D eigenvalue weighted by Crippen LogP contribution is 2.21. The minimum Gasteiger partial charge on any atom is -0.374 e. The van der Waals surface area contributed by atoms with Gasteiger partial charge in [-0.25, -0.2) is 0 Å². The van der Waals surface area contributed by atoms with Gasteiger partial charge in [-0.15, -0.1) is 0 Å². The summed E-state index contributed by atoms with van der Waals surface area (Å²) < 4.78 is 0. The molecule has 0 aliphatic carbocycles. The minimum atomic E-state index is 1.14. The predicted octanol–water partition coefficient (Wildman–Crippen LogP) is 2.73. The predicted molar refractivity (Wildman–Crippen MR) is 53.9 cm³/mol. The molecule has 0 aromatic heterocycles. The first kappa shape index (κ1) is 9.11. The molecule has 0 bridgehead atoms. The second-order valence-electron chi connectivity index (χ2n) is 3.20. The van der Waals surface area contributed by atoms with Crippen molar-refractivity contribution in [2.45, 2.75) is 19.3 Å². The summed E-state index contributed by atoms with van der Waals surface area (Å²) in [7, 11) is 2.12. The van der Waals surface area contributed by atoms with E-state index < -0.39 is 0 Å². The monoisotopic (exact) mass is 163 g/mol. The third-order valence-corrected chi connectivity index (χ3v) is 2.37. The summed E-state index contributed by atoms with van der Waals surface area (Å²) >= 11 is 0. The average Bonchev–Trinajstić information content (AvgIpc) is 2.26. The number of likely N-dealkylation sites (N-methyl/N-ethyl adjacent to an activating group) is 1. The van der Waals surface area contributed by atoms with Gasteiger partial charge in [0.1, 0.15) is 0 Å². The summed E-state index contributed by atoms with van der Waals surface area (Å²) in [5.74, 6) is 0. The van der Waals surface area contributed by atoms with Crippen molar-refractivity contribution in [3.05, 3.63) is 36.6 Å². The molecule has 0 fully saturated rings. The highest BCUT2D eigenvalue weighted by atomic mass is 15.1. The number of allylic oxidation sites excluding steroid dienone is 3. The van der Waals surface area contributed by atoms with Gasteiger partial charge in [-0.05, 0) is 30.9 Å². The molecule has 12 heavy (non-hydrogen) atoms. The third kappa shape index (κ3) is 1.79. The van der Waals surface area contributed by atoms with Crippen LogP contribution in [0.1, 0.15) is 19.3 Å². The van der Waals surface area contributed by atoms with Gasteiger partial charge in [0.2, 0.25) is 0 Å². The fourth-order valence-corrected chi connectivity index (χ4v) is 1.65. The van der Waals surface area contributed by atoms with E-state index in [0.717, 1.165) is 13.0 Å². The van der Waals surface area contributed by atoms with Crippen molar-refractivity contribution in [3.63, 3.8) is 0 Å². The van der Waals surface area contributed by atoms with Gasteiger partial charge in [-0.1, -0.05) is 19.2 Å². The third-order valence-electron chi connectivity index (χ3n) is 2.37. The molecule has 66 valence electrons. The molecular formula is C11H17N. The van der Waals surface area contributed by atoms with Crippen molar-refractivity contribution in [2.24, 2.45) is 0 Å². The smallest absolute Gasteiger partial charge is 0.0389 e. The first-order chi connectivity index (χ1) is 5.79. The van der Waals surface area contributed by atoms with Crippen LogP contribution in [0.2, 0.25) is 0 Å². The van der Waals surface area contributed by atoms with E-state index in [-0.39, 0.29) is 0 Å². The van der Waals surface area contributed by atoms with Crippen LogP contribution in [0.25, 0.3) is 0 Å². The molecule has 0 aromatic rings. The highest BCUT2D eigenvalue weighted by Gasteiger charge is 2.09. The Labute approximate surface area is 75.1 Å². The molecule has 0 amide bonds. The molecule has 1 nitrogen and oxygen atoms in total. The maximum atomic E-state index is 3.83. The molecule has 1 heteroatoms. The average molecular weight is 163 g/mol.